The largest absolute Gasteiger partial charge is 0.373 e. The van der Waals surface area contributed by atoms with Gasteiger partial charge in [-0.1, -0.05) is 13.8 Å². The molecule has 1 fully saturated rings. The molecule has 5 heteroatoms. The average Bonchev–Trinajstić information content (AvgIpc) is 2.34. The number of rotatable bonds is 6. The Morgan fingerprint density at radius 3 is 2.35 bits per heavy atom. The molecule has 3 atom stereocenters. The van der Waals surface area contributed by atoms with Gasteiger partial charge in [0.25, 0.3) is 0 Å². The van der Waals surface area contributed by atoms with Crippen molar-refractivity contribution in [3.8, 4) is 0 Å². The van der Waals surface area contributed by atoms with Crippen LogP contribution in [0.25, 0.3) is 0 Å². The van der Waals surface area contributed by atoms with Gasteiger partial charge in [-0.15, -0.1) is 0 Å². The number of ether oxygens (including phenoxy) is 1. The molecule has 0 spiro atoms. The van der Waals surface area contributed by atoms with Crippen molar-refractivity contribution >= 4 is 5.91 Å². The van der Waals surface area contributed by atoms with E-state index in [1.54, 1.807) is 0 Å². The Bertz CT molecular complexity index is 299. The van der Waals surface area contributed by atoms with Gasteiger partial charge in [-0.2, -0.15) is 0 Å². The molecule has 1 aliphatic rings. The lowest BCUT2D eigenvalue weighted by Gasteiger charge is -2.42. The second-order valence-corrected chi connectivity index (χ2v) is 6.26. The fourth-order valence-corrected chi connectivity index (χ4v) is 2.92. The number of likely N-dealkylation sites (N-methyl/N-ethyl adjacent to an activating group) is 2. The number of carbonyl (C=O) groups is 1. The van der Waals surface area contributed by atoms with Crippen LogP contribution in [0, 0.1) is 5.92 Å². The van der Waals surface area contributed by atoms with Crippen LogP contribution in [0.3, 0.4) is 0 Å². The van der Waals surface area contributed by atoms with Crippen molar-refractivity contribution in [3.05, 3.63) is 0 Å². The summed E-state index contributed by atoms with van der Waals surface area (Å²) in [6.45, 7) is 11.6. The molecule has 0 aliphatic carbocycles. The Labute approximate surface area is 123 Å². The molecular weight excluding hydrogens is 254 g/mol. The fraction of sp³-hybridized carbons (Fsp3) is 0.933. The third-order valence-electron chi connectivity index (χ3n) is 3.80. The number of hydrogen-bond donors (Lipinski definition) is 1. The van der Waals surface area contributed by atoms with Crippen LogP contribution >= 0.6 is 0 Å². The first kappa shape index (κ1) is 17.4. The number of amides is 1. The molecule has 0 bridgehead atoms. The quantitative estimate of drug-likeness (QED) is 0.784. The first-order valence-corrected chi connectivity index (χ1v) is 7.65. The number of morpholine rings is 1. The molecule has 1 heterocycles. The van der Waals surface area contributed by atoms with Crippen LogP contribution in [0.15, 0.2) is 0 Å². The second-order valence-electron chi connectivity index (χ2n) is 6.26. The summed E-state index contributed by atoms with van der Waals surface area (Å²) in [6.07, 6.45) is 0.380. The first-order valence-electron chi connectivity index (χ1n) is 7.65. The lowest BCUT2D eigenvalue weighted by atomic mass is 9.99. The molecule has 1 rings (SSSR count). The summed E-state index contributed by atoms with van der Waals surface area (Å²) < 4.78 is 5.77. The van der Waals surface area contributed by atoms with E-state index in [4.69, 9.17) is 4.74 Å². The van der Waals surface area contributed by atoms with Crippen LogP contribution in [0.1, 0.15) is 27.7 Å². The molecule has 1 amide bonds. The average molecular weight is 285 g/mol. The van der Waals surface area contributed by atoms with E-state index in [2.05, 4.69) is 37.9 Å². The Kier molecular flexibility index (Phi) is 6.92. The highest BCUT2D eigenvalue weighted by molar-refractivity contribution is 5.82. The number of hydrogen-bond acceptors (Lipinski definition) is 4. The van der Waals surface area contributed by atoms with Gasteiger partial charge in [-0.05, 0) is 26.8 Å². The Morgan fingerprint density at radius 1 is 1.35 bits per heavy atom. The van der Waals surface area contributed by atoms with Gasteiger partial charge < -0.3 is 15.0 Å². The topological polar surface area (TPSA) is 44.8 Å². The fourth-order valence-electron chi connectivity index (χ4n) is 2.92. The van der Waals surface area contributed by atoms with Gasteiger partial charge >= 0.3 is 0 Å². The molecular formula is C15H31N3O2. The Hall–Kier alpha value is -0.650. The molecule has 1 aliphatic heterocycles. The smallest absolute Gasteiger partial charge is 0.239 e. The summed E-state index contributed by atoms with van der Waals surface area (Å²) in [4.78, 5) is 16.9. The van der Waals surface area contributed by atoms with Gasteiger partial charge in [0.05, 0.1) is 18.2 Å². The number of carbonyl (C=O) groups excluding carboxylic acids is 1. The minimum Gasteiger partial charge on any atom is -0.373 e. The van der Waals surface area contributed by atoms with Crippen molar-refractivity contribution in [1.29, 1.82) is 0 Å². The highest BCUT2D eigenvalue weighted by Crippen LogP contribution is 2.19. The first-order chi connectivity index (χ1) is 9.36. The minimum absolute atomic E-state index is 0.0503. The lowest BCUT2D eigenvalue weighted by molar-refractivity contribution is -0.144. The van der Waals surface area contributed by atoms with Gasteiger partial charge in [-0.25, -0.2) is 0 Å². The molecule has 0 radical (unpaired) electrons. The van der Waals surface area contributed by atoms with E-state index in [-0.39, 0.29) is 24.2 Å². The van der Waals surface area contributed by atoms with Crippen LogP contribution in [0.4, 0.5) is 0 Å². The molecule has 0 aromatic rings. The van der Waals surface area contributed by atoms with Crippen molar-refractivity contribution in [2.75, 3.05) is 40.3 Å². The molecule has 3 unspecified atom stereocenters. The zero-order valence-corrected chi connectivity index (χ0v) is 13.8. The summed E-state index contributed by atoms with van der Waals surface area (Å²) in [5, 5.41) is 3.09. The summed E-state index contributed by atoms with van der Waals surface area (Å²) in [5.41, 5.74) is 0. The van der Waals surface area contributed by atoms with Crippen molar-refractivity contribution in [2.45, 2.75) is 45.9 Å². The molecule has 0 aromatic heterocycles. The zero-order chi connectivity index (χ0) is 15.3. The normalized spacial score (nSPS) is 25.8. The summed E-state index contributed by atoms with van der Waals surface area (Å²) in [5.74, 6) is 0.522. The highest BCUT2D eigenvalue weighted by Gasteiger charge is 2.35. The standard InChI is InChI=1S/C15H31N3O2/c1-11(2)14(15(19)17(6)8-7-16-5)18-9-12(3)20-13(4)10-18/h11-14,16H,7-10H2,1-6H3. The maximum Gasteiger partial charge on any atom is 0.239 e. The van der Waals surface area contributed by atoms with Gasteiger partial charge in [0.15, 0.2) is 0 Å². The predicted octanol–water partition coefficient (Wildman–Crippen LogP) is 0.798. The van der Waals surface area contributed by atoms with E-state index in [0.717, 1.165) is 26.2 Å². The zero-order valence-electron chi connectivity index (χ0n) is 13.8. The Morgan fingerprint density at radius 2 is 1.90 bits per heavy atom. The van der Waals surface area contributed by atoms with Gasteiger partial charge in [-0.3, -0.25) is 9.69 Å². The second kappa shape index (κ2) is 7.96. The van der Waals surface area contributed by atoms with Gasteiger partial charge in [0, 0.05) is 33.2 Å². The van der Waals surface area contributed by atoms with Crippen LogP contribution in [-0.2, 0) is 9.53 Å². The summed E-state index contributed by atoms with van der Waals surface area (Å²) >= 11 is 0. The van der Waals surface area contributed by atoms with Crippen LogP contribution in [0.2, 0.25) is 0 Å². The molecule has 118 valence electrons. The third kappa shape index (κ3) is 4.72. The number of nitrogens with zero attached hydrogens (tertiary/aromatic N) is 2. The maximum absolute atomic E-state index is 12.7. The Balaban J connectivity index is 2.74. The lowest BCUT2D eigenvalue weighted by Crippen LogP contribution is -2.57. The third-order valence-corrected chi connectivity index (χ3v) is 3.80. The van der Waals surface area contributed by atoms with Crippen molar-refractivity contribution < 1.29 is 9.53 Å². The van der Waals surface area contributed by atoms with Crippen molar-refractivity contribution in [2.24, 2.45) is 5.92 Å². The molecule has 0 aromatic carbocycles. The van der Waals surface area contributed by atoms with Gasteiger partial charge in [0.2, 0.25) is 5.91 Å². The van der Waals surface area contributed by atoms with Gasteiger partial charge in [0.1, 0.15) is 0 Å². The molecule has 0 saturated carbocycles. The maximum atomic E-state index is 12.7. The number of nitrogens with one attached hydrogen (secondary N) is 1. The van der Waals surface area contributed by atoms with E-state index in [9.17, 15) is 4.79 Å². The van der Waals surface area contributed by atoms with E-state index < -0.39 is 0 Å². The van der Waals surface area contributed by atoms with E-state index in [1.165, 1.54) is 0 Å². The minimum atomic E-state index is -0.0503. The monoisotopic (exact) mass is 285 g/mol. The van der Waals surface area contributed by atoms with Crippen LogP contribution in [-0.4, -0.2) is 74.2 Å². The van der Waals surface area contributed by atoms with E-state index in [1.807, 2.05) is 19.0 Å². The van der Waals surface area contributed by atoms with Crippen molar-refractivity contribution in [1.82, 2.24) is 15.1 Å². The molecule has 5 nitrogen and oxygen atoms in total. The SMILES string of the molecule is CNCCN(C)C(=O)C(C(C)C)N1CC(C)OC(C)C1. The van der Waals surface area contributed by atoms with Crippen molar-refractivity contribution in [3.63, 3.8) is 0 Å². The highest BCUT2D eigenvalue weighted by atomic mass is 16.5. The predicted molar refractivity (Wildman–Crippen MR) is 81.8 cm³/mol. The molecule has 1 N–H and O–H groups in total. The summed E-state index contributed by atoms with van der Waals surface area (Å²) in [7, 11) is 3.80. The van der Waals surface area contributed by atoms with Crippen LogP contribution in [0.5, 0.6) is 0 Å². The summed E-state index contributed by atoms with van der Waals surface area (Å²) in [6, 6.07) is -0.0503. The van der Waals surface area contributed by atoms with E-state index in [0.29, 0.717) is 5.92 Å². The molecule has 20 heavy (non-hydrogen) atoms. The van der Waals surface area contributed by atoms with Crippen LogP contribution < -0.4 is 5.32 Å². The van der Waals surface area contributed by atoms with E-state index >= 15 is 0 Å². The molecule has 1 saturated heterocycles.